The van der Waals surface area contributed by atoms with Gasteiger partial charge in [0.05, 0.1) is 12.0 Å². The van der Waals surface area contributed by atoms with Crippen LogP contribution in [0.3, 0.4) is 0 Å². The Morgan fingerprint density at radius 3 is 2.48 bits per heavy atom. The highest BCUT2D eigenvalue weighted by molar-refractivity contribution is 5.89. The number of amides is 3. The number of nitrogens with one attached hydrogen (secondary N) is 1. The maximum Gasteiger partial charge on any atom is 0.227 e. The van der Waals surface area contributed by atoms with Crippen LogP contribution in [0.5, 0.6) is 0 Å². The number of carbonyl (C=O) groups excluding carboxylic acids is 3. The zero-order valence-corrected chi connectivity index (χ0v) is 16.3. The van der Waals surface area contributed by atoms with Crippen molar-refractivity contribution in [1.29, 1.82) is 0 Å². The number of rotatable bonds is 3. The molecule has 1 aliphatic carbocycles. The van der Waals surface area contributed by atoms with Gasteiger partial charge < -0.3 is 15.1 Å². The Kier molecular flexibility index (Phi) is 5.82. The van der Waals surface area contributed by atoms with E-state index in [0.717, 1.165) is 31.2 Å². The quantitative estimate of drug-likeness (QED) is 0.888. The summed E-state index contributed by atoms with van der Waals surface area (Å²) in [5.74, 6) is 0.0770. The minimum atomic E-state index is -0.184. The van der Waals surface area contributed by atoms with Gasteiger partial charge >= 0.3 is 0 Å². The lowest BCUT2D eigenvalue weighted by Crippen LogP contribution is -2.65. The first-order chi connectivity index (χ1) is 12.9. The average molecular weight is 371 g/mol. The van der Waals surface area contributed by atoms with Crippen molar-refractivity contribution < 1.29 is 14.4 Å². The molecule has 146 valence electrons. The molecule has 1 N–H and O–H groups in total. The van der Waals surface area contributed by atoms with Gasteiger partial charge in [-0.3, -0.25) is 14.4 Å². The van der Waals surface area contributed by atoms with Gasteiger partial charge in [-0.05, 0) is 30.5 Å². The predicted octanol–water partition coefficient (Wildman–Crippen LogP) is 2.58. The molecule has 0 radical (unpaired) electrons. The van der Waals surface area contributed by atoms with Crippen LogP contribution in [0.2, 0.25) is 0 Å². The third kappa shape index (κ3) is 4.49. The van der Waals surface area contributed by atoms with Crippen molar-refractivity contribution in [2.75, 3.05) is 25.0 Å². The van der Waals surface area contributed by atoms with Crippen molar-refractivity contribution in [3.8, 4) is 0 Å². The van der Waals surface area contributed by atoms with Crippen LogP contribution < -0.4 is 5.32 Å². The van der Waals surface area contributed by atoms with Crippen molar-refractivity contribution in [2.24, 2.45) is 0 Å². The highest BCUT2D eigenvalue weighted by Crippen LogP contribution is 2.36. The Hall–Kier alpha value is -2.37. The molecule has 0 bridgehead atoms. The first kappa shape index (κ1) is 19.4. The van der Waals surface area contributed by atoms with Gasteiger partial charge in [0.25, 0.3) is 0 Å². The molecule has 0 unspecified atom stereocenters. The number of anilines is 1. The molecule has 3 rings (SSSR count). The topological polar surface area (TPSA) is 69.7 Å². The van der Waals surface area contributed by atoms with E-state index < -0.39 is 0 Å². The molecule has 6 heteroatoms. The first-order valence-electron chi connectivity index (χ1n) is 9.82. The zero-order chi connectivity index (χ0) is 19.4. The van der Waals surface area contributed by atoms with E-state index in [1.54, 1.807) is 6.92 Å². The van der Waals surface area contributed by atoms with E-state index in [1.807, 2.05) is 34.1 Å². The molecular formula is C21H29N3O3. The second-order valence-corrected chi connectivity index (χ2v) is 7.83. The number of benzene rings is 1. The molecule has 27 heavy (non-hydrogen) atoms. The summed E-state index contributed by atoms with van der Waals surface area (Å²) in [6.07, 6.45) is 5.71. The number of piperazine rings is 1. The molecule has 6 nitrogen and oxygen atoms in total. The molecule has 1 saturated heterocycles. The fourth-order valence-electron chi connectivity index (χ4n) is 4.57. The Bertz CT molecular complexity index is 725. The van der Waals surface area contributed by atoms with Crippen molar-refractivity contribution >= 4 is 23.4 Å². The number of hydrogen-bond acceptors (Lipinski definition) is 3. The van der Waals surface area contributed by atoms with E-state index in [9.17, 15) is 14.4 Å². The van der Waals surface area contributed by atoms with Gasteiger partial charge in [0.2, 0.25) is 17.7 Å². The van der Waals surface area contributed by atoms with Crippen LogP contribution in [0.1, 0.15) is 51.5 Å². The first-order valence-corrected chi connectivity index (χ1v) is 9.82. The third-order valence-corrected chi connectivity index (χ3v) is 5.77. The predicted molar refractivity (Wildman–Crippen MR) is 104 cm³/mol. The van der Waals surface area contributed by atoms with E-state index in [0.29, 0.717) is 31.7 Å². The number of carbonyl (C=O) groups is 3. The standard InChI is InChI=1S/C21H29N3O3/c1-16(25)22-19-8-6-7-18(13-19)14-20(27)23-11-12-24(17(2)26)21(15-23)9-4-3-5-10-21/h6-8,13H,3-5,9-12,14-15H2,1-2H3,(H,22,25). The Balaban J connectivity index is 1.70. The highest BCUT2D eigenvalue weighted by atomic mass is 16.2. The second kappa shape index (κ2) is 8.11. The third-order valence-electron chi connectivity index (χ3n) is 5.77. The zero-order valence-electron chi connectivity index (χ0n) is 16.3. The molecule has 2 aliphatic rings. The summed E-state index contributed by atoms with van der Waals surface area (Å²) in [6, 6.07) is 7.43. The molecule has 1 heterocycles. The minimum Gasteiger partial charge on any atom is -0.338 e. The largest absolute Gasteiger partial charge is 0.338 e. The van der Waals surface area contributed by atoms with Crippen molar-refractivity contribution in [2.45, 2.75) is 57.9 Å². The minimum absolute atomic E-state index is 0.0862. The van der Waals surface area contributed by atoms with Gasteiger partial charge in [-0.15, -0.1) is 0 Å². The van der Waals surface area contributed by atoms with Crippen molar-refractivity contribution in [1.82, 2.24) is 9.80 Å². The molecule has 1 aromatic rings. The van der Waals surface area contributed by atoms with Crippen LogP contribution in [0.15, 0.2) is 24.3 Å². The molecule has 1 spiro atoms. The molecule has 3 amide bonds. The van der Waals surface area contributed by atoms with E-state index in [4.69, 9.17) is 0 Å². The van der Waals surface area contributed by atoms with Crippen LogP contribution >= 0.6 is 0 Å². The van der Waals surface area contributed by atoms with Crippen molar-refractivity contribution in [3.05, 3.63) is 29.8 Å². The lowest BCUT2D eigenvalue weighted by molar-refractivity contribution is -0.150. The van der Waals surface area contributed by atoms with Crippen LogP contribution in [0, 0.1) is 0 Å². The summed E-state index contributed by atoms with van der Waals surface area (Å²) in [5, 5.41) is 2.75. The number of nitrogens with zero attached hydrogens (tertiary/aromatic N) is 2. The summed E-state index contributed by atoms with van der Waals surface area (Å²) in [6.45, 7) is 4.95. The van der Waals surface area contributed by atoms with Crippen LogP contribution in [0.4, 0.5) is 5.69 Å². The highest BCUT2D eigenvalue weighted by Gasteiger charge is 2.44. The van der Waals surface area contributed by atoms with E-state index in [-0.39, 0.29) is 23.3 Å². The normalized spacial score (nSPS) is 19.0. The fourth-order valence-corrected chi connectivity index (χ4v) is 4.57. The molecule has 0 atom stereocenters. The molecule has 1 aliphatic heterocycles. The molecule has 2 fully saturated rings. The second-order valence-electron chi connectivity index (χ2n) is 7.83. The summed E-state index contributed by atoms with van der Waals surface area (Å²) in [4.78, 5) is 40.3. The monoisotopic (exact) mass is 371 g/mol. The van der Waals surface area contributed by atoms with E-state index in [2.05, 4.69) is 5.32 Å². The molecule has 1 saturated carbocycles. The smallest absolute Gasteiger partial charge is 0.227 e. The van der Waals surface area contributed by atoms with Gasteiger partial charge in [-0.2, -0.15) is 0 Å². The molecule has 1 aromatic carbocycles. The Morgan fingerprint density at radius 2 is 1.81 bits per heavy atom. The van der Waals surface area contributed by atoms with Gasteiger partial charge in [-0.25, -0.2) is 0 Å². The average Bonchev–Trinajstić information content (AvgIpc) is 2.61. The van der Waals surface area contributed by atoms with Crippen molar-refractivity contribution in [3.63, 3.8) is 0 Å². The lowest BCUT2D eigenvalue weighted by Gasteiger charge is -2.52. The van der Waals surface area contributed by atoms with E-state index >= 15 is 0 Å². The summed E-state index contributed by atoms with van der Waals surface area (Å²) in [7, 11) is 0. The maximum absolute atomic E-state index is 12.9. The van der Waals surface area contributed by atoms with Gasteiger partial charge in [-0.1, -0.05) is 31.4 Å². The molecule has 0 aromatic heterocycles. The maximum atomic E-state index is 12.9. The number of hydrogen-bond donors (Lipinski definition) is 1. The summed E-state index contributed by atoms with van der Waals surface area (Å²) < 4.78 is 0. The van der Waals surface area contributed by atoms with Crippen LogP contribution in [-0.4, -0.2) is 52.7 Å². The van der Waals surface area contributed by atoms with Gasteiger partial charge in [0, 0.05) is 39.2 Å². The fraction of sp³-hybridized carbons (Fsp3) is 0.571. The molecular weight excluding hydrogens is 342 g/mol. The summed E-state index contributed by atoms with van der Waals surface area (Å²) >= 11 is 0. The SMILES string of the molecule is CC(=O)Nc1cccc(CC(=O)N2CCN(C(C)=O)C3(CCCCC3)C2)c1. The Morgan fingerprint density at radius 1 is 1.07 bits per heavy atom. The van der Waals surface area contributed by atoms with E-state index in [1.165, 1.54) is 13.3 Å². The lowest BCUT2D eigenvalue weighted by atomic mass is 9.78. The van der Waals surface area contributed by atoms with Gasteiger partial charge in [0.1, 0.15) is 0 Å². The summed E-state index contributed by atoms with van der Waals surface area (Å²) in [5.41, 5.74) is 1.41. The van der Waals surface area contributed by atoms with Gasteiger partial charge in [0.15, 0.2) is 0 Å². The van der Waals surface area contributed by atoms with Crippen LogP contribution in [-0.2, 0) is 20.8 Å². The Labute approximate surface area is 160 Å². The van der Waals surface area contributed by atoms with Crippen LogP contribution in [0.25, 0.3) is 0 Å².